The van der Waals surface area contributed by atoms with Gasteiger partial charge in [-0.15, -0.1) is 0 Å². The Balaban J connectivity index is 1.59. The molecule has 1 aliphatic carbocycles. The van der Waals surface area contributed by atoms with Crippen molar-refractivity contribution in [2.45, 2.75) is 36.6 Å². The quantitative estimate of drug-likeness (QED) is 0.818. The number of pyridine rings is 1. The lowest BCUT2D eigenvalue weighted by atomic mass is 9.72. The van der Waals surface area contributed by atoms with Crippen molar-refractivity contribution in [3.63, 3.8) is 0 Å². The Labute approximate surface area is 149 Å². The second kappa shape index (κ2) is 5.96. The van der Waals surface area contributed by atoms with E-state index in [1.54, 1.807) is 0 Å². The van der Waals surface area contributed by atoms with Gasteiger partial charge in [-0.05, 0) is 36.1 Å². The summed E-state index contributed by atoms with van der Waals surface area (Å²) in [4.78, 5) is 5.96. The highest BCUT2D eigenvalue weighted by atomic mass is 19.4. The van der Waals surface area contributed by atoms with Crippen molar-refractivity contribution in [3.05, 3.63) is 59.3 Å². The van der Waals surface area contributed by atoms with Crippen LogP contribution < -0.4 is 10.6 Å². The molecular weight excluding hydrogens is 343 g/mol. The molecule has 4 rings (SSSR count). The van der Waals surface area contributed by atoms with Gasteiger partial charge in [-0.25, -0.2) is 4.98 Å². The van der Waals surface area contributed by atoms with Crippen molar-refractivity contribution < 1.29 is 18.3 Å². The molecule has 26 heavy (non-hydrogen) atoms. The highest BCUT2D eigenvalue weighted by Gasteiger charge is 2.51. The largest absolute Gasteiger partial charge is 0.416 e. The van der Waals surface area contributed by atoms with Crippen LogP contribution in [-0.4, -0.2) is 29.3 Å². The van der Waals surface area contributed by atoms with Gasteiger partial charge in [0.25, 0.3) is 0 Å². The molecule has 4 nitrogen and oxygen atoms in total. The van der Waals surface area contributed by atoms with Crippen LogP contribution in [0.1, 0.15) is 35.6 Å². The summed E-state index contributed by atoms with van der Waals surface area (Å²) >= 11 is 0. The number of nitrogens with zero attached hydrogens (tertiary/aromatic N) is 2. The Morgan fingerprint density at radius 2 is 1.85 bits per heavy atom. The summed E-state index contributed by atoms with van der Waals surface area (Å²) in [5, 5.41) is 10.8. The predicted molar refractivity (Wildman–Crippen MR) is 91.7 cm³/mol. The van der Waals surface area contributed by atoms with Crippen LogP contribution in [0.15, 0.2) is 42.6 Å². The highest BCUT2D eigenvalue weighted by Crippen LogP contribution is 2.50. The van der Waals surface area contributed by atoms with Crippen molar-refractivity contribution in [2.75, 3.05) is 18.0 Å². The van der Waals surface area contributed by atoms with Crippen LogP contribution in [0.3, 0.4) is 0 Å². The van der Waals surface area contributed by atoms with Crippen molar-refractivity contribution in [1.82, 2.24) is 4.98 Å². The van der Waals surface area contributed by atoms with Crippen LogP contribution in [0.2, 0.25) is 0 Å². The molecule has 7 heteroatoms. The summed E-state index contributed by atoms with van der Waals surface area (Å²) in [6.45, 7) is 1.04. The molecule has 0 bridgehead atoms. The van der Waals surface area contributed by atoms with Gasteiger partial charge in [0.15, 0.2) is 0 Å². The fraction of sp³-hybridized carbons (Fsp3) is 0.421. The number of rotatable bonds is 1. The van der Waals surface area contributed by atoms with E-state index in [-0.39, 0.29) is 0 Å². The van der Waals surface area contributed by atoms with E-state index in [0.717, 1.165) is 23.3 Å². The molecule has 1 aromatic carbocycles. The maximum absolute atomic E-state index is 12.9. The molecule has 1 fully saturated rings. The number of fused-ring (bicyclic) bond motifs is 2. The smallest absolute Gasteiger partial charge is 0.390 e. The fourth-order valence-corrected chi connectivity index (χ4v) is 4.38. The Morgan fingerprint density at radius 1 is 1.15 bits per heavy atom. The number of aromatic nitrogens is 1. The summed E-state index contributed by atoms with van der Waals surface area (Å²) < 4.78 is 38.8. The molecule has 0 unspecified atom stereocenters. The number of nitrogens with two attached hydrogens (primary N) is 1. The van der Waals surface area contributed by atoms with Crippen molar-refractivity contribution in [1.29, 1.82) is 0 Å². The topological polar surface area (TPSA) is 62.4 Å². The minimum atomic E-state index is -4.39. The van der Waals surface area contributed by atoms with E-state index in [9.17, 15) is 18.3 Å². The fourth-order valence-electron chi connectivity index (χ4n) is 4.38. The van der Waals surface area contributed by atoms with E-state index in [1.807, 2.05) is 29.2 Å². The van der Waals surface area contributed by atoms with Gasteiger partial charge in [0.2, 0.25) is 0 Å². The molecule has 1 saturated heterocycles. The Hall–Kier alpha value is -2.12. The zero-order chi connectivity index (χ0) is 18.5. The normalized spacial score (nSPS) is 24.7. The van der Waals surface area contributed by atoms with E-state index < -0.39 is 29.3 Å². The van der Waals surface area contributed by atoms with E-state index >= 15 is 0 Å². The van der Waals surface area contributed by atoms with Crippen LogP contribution in [0.25, 0.3) is 0 Å². The van der Waals surface area contributed by atoms with E-state index in [2.05, 4.69) is 4.98 Å². The third kappa shape index (κ3) is 2.57. The molecular formula is C19H20F3N3O. The number of anilines is 1. The number of hydrogen-bond donors (Lipinski definition) is 2. The average molecular weight is 363 g/mol. The summed E-state index contributed by atoms with van der Waals surface area (Å²) in [6.07, 6.45) is -2.63. The van der Waals surface area contributed by atoms with Crippen molar-refractivity contribution in [2.24, 2.45) is 5.73 Å². The van der Waals surface area contributed by atoms with Crippen LogP contribution in [0.5, 0.6) is 0 Å². The van der Waals surface area contributed by atoms with Crippen molar-refractivity contribution in [3.8, 4) is 0 Å². The number of aliphatic hydroxyl groups excluding tert-OH is 1. The first-order valence-corrected chi connectivity index (χ1v) is 8.64. The number of hydrogen-bond acceptors (Lipinski definition) is 4. The van der Waals surface area contributed by atoms with Gasteiger partial charge >= 0.3 is 6.18 Å². The molecule has 2 atom stereocenters. The Morgan fingerprint density at radius 3 is 2.54 bits per heavy atom. The number of piperidine rings is 1. The van der Waals surface area contributed by atoms with Gasteiger partial charge in [0.05, 0.1) is 17.7 Å². The summed E-state index contributed by atoms with van der Waals surface area (Å²) in [7, 11) is 0. The molecule has 138 valence electrons. The molecule has 2 heterocycles. The lowest BCUT2D eigenvalue weighted by Crippen LogP contribution is -2.49. The first kappa shape index (κ1) is 17.3. The highest BCUT2D eigenvalue weighted by molar-refractivity contribution is 5.48. The van der Waals surface area contributed by atoms with Crippen LogP contribution in [0.4, 0.5) is 19.0 Å². The molecule has 2 aromatic rings. The van der Waals surface area contributed by atoms with Gasteiger partial charge in [-0.3, -0.25) is 0 Å². The van der Waals surface area contributed by atoms with Gasteiger partial charge in [-0.2, -0.15) is 13.2 Å². The second-order valence-electron chi connectivity index (χ2n) is 7.10. The predicted octanol–water partition coefficient (Wildman–Crippen LogP) is 3.01. The average Bonchev–Trinajstić information content (AvgIpc) is 2.85. The monoisotopic (exact) mass is 363 g/mol. The second-order valence-corrected chi connectivity index (χ2v) is 7.10. The first-order valence-electron chi connectivity index (χ1n) is 8.64. The zero-order valence-corrected chi connectivity index (χ0v) is 14.1. The SMILES string of the molecule is N[C@@H]1c2ccccc2C2(CCN(c3cc(C(F)(F)F)ccn3)CC2)[C@H]1O. The molecule has 2 aliphatic rings. The third-order valence-corrected chi connectivity index (χ3v) is 5.82. The molecule has 1 aromatic heterocycles. The Kier molecular flexibility index (Phi) is 3.96. The zero-order valence-electron chi connectivity index (χ0n) is 14.1. The molecule has 0 amide bonds. The molecule has 3 N–H and O–H groups in total. The lowest BCUT2D eigenvalue weighted by molar-refractivity contribution is -0.137. The standard InChI is InChI=1S/C19H20F3N3O/c20-19(21,22)12-5-8-24-15(11-12)25-9-6-18(7-10-25)14-4-2-1-3-13(14)16(23)17(18)26/h1-5,8,11,16-17,26H,6-7,9-10,23H2/t16-,17+/m1/s1. The van der Waals surface area contributed by atoms with E-state index in [4.69, 9.17) is 5.73 Å². The van der Waals surface area contributed by atoms with Gasteiger partial charge in [0, 0.05) is 24.7 Å². The third-order valence-electron chi connectivity index (χ3n) is 5.82. The Bertz CT molecular complexity index is 816. The van der Waals surface area contributed by atoms with E-state index in [1.165, 1.54) is 6.20 Å². The van der Waals surface area contributed by atoms with Gasteiger partial charge in [0.1, 0.15) is 5.82 Å². The number of halogens is 3. The van der Waals surface area contributed by atoms with E-state index in [0.29, 0.717) is 31.7 Å². The van der Waals surface area contributed by atoms with Gasteiger partial charge in [-0.1, -0.05) is 24.3 Å². The summed E-state index contributed by atoms with van der Waals surface area (Å²) in [5.41, 5.74) is 7.10. The molecule has 0 radical (unpaired) electrons. The number of benzene rings is 1. The minimum absolute atomic E-state index is 0.319. The minimum Gasteiger partial charge on any atom is -0.390 e. The molecule has 1 spiro atoms. The molecule has 1 aliphatic heterocycles. The molecule has 0 saturated carbocycles. The maximum atomic E-state index is 12.9. The lowest BCUT2D eigenvalue weighted by Gasteiger charge is -2.43. The van der Waals surface area contributed by atoms with Gasteiger partial charge < -0.3 is 15.7 Å². The first-order chi connectivity index (χ1) is 12.3. The van der Waals surface area contributed by atoms with Crippen LogP contribution >= 0.6 is 0 Å². The number of alkyl halides is 3. The van der Waals surface area contributed by atoms with Crippen LogP contribution in [-0.2, 0) is 11.6 Å². The maximum Gasteiger partial charge on any atom is 0.416 e. The number of aliphatic hydroxyl groups is 1. The van der Waals surface area contributed by atoms with Crippen molar-refractivity contribution >= 4 is 5.82 Å². The van der Waals surface area contributed by atoms with Crippen LogP contribution in [0, 0.1) is 0 Å². The summed E-state index contributed by atoms with van der Waals surface area (Å²) in [5.74, 6) is 0.319. The summed E-state index contributed by atoms with van der Waals surface area (Å²) in [6, 6.07) is 9.43.